The average molecular weight is 433 g/mol. The molecule has 4 atom stereocenters. The van der Waals surface area contributed by atoms with Crippen LogP contribution in [-0.2, 0) is 11.2 Å². The standard InChI is InChI=1S/C25H28N4O3/c1-17(29-23(30)8-5-15-26-29)25(32)28-20-11-9-18(10-12-20)16-21-13-14-22(27-21)24(31)19-6-3-2-4-7-19/h2-12,15,17,21-22,24,27,31H,13-14,16H2,1H3,(H,28,32)/t17?,21-,22+,24+/m0/s1. The van der Waals surface area contributed by atoms with Crippen molar-refractivity contribution in [2.24, 2.45) is 0 Å². The maximum absolute atomic E-state index is 12.5. The van der Waals surface area contributed by atoms with Gasteiger partial charge in [0.1, 0.15) is 6.04 Å². The van der Waals surface area contributed by atoms with Crippen LogP contribution < -0.4 is 16.2 Å². The summed E-state index contributed by atoms with van der Waals surface area (Å²) in [4.78, 5) is 24.4. The van der Waals surface area contributed by atoms with Crippen LogP contribution in [0.4, 0.5) is 5.69 Å². The van der Waals surface area contributed by atoms with Gasteiger partial charge in [0, 0.05) is 30.0 Å². The normalized spacial score (nSPS) is 19.9. The molecule has 0 aliphatic carbocycles. The maximum Gasteiger partial charge on any atom is 0.267 e. The van der Waals surface area contributed by atoms with Gasteiger partial charge in [-0.15, -0.1) is 0 Å². The predicted molar refractivity (Wildman–Crippen MR) is 123 cm³/mol. The first kappa shape index (κ1) is 21.9. The highest BCUT2D eigenvalue weighted by atomic mass is 16.3. The number of aromatic nitrogens is 2. The Bertz CT molecular complexity index is 1100. The summed E-state index contributed by atoms with van der Waals surface area (Å²) in [7, 11) is 0. The van der Waals surface area contributed by atoms with E-state index in [1.807, 2.05) is 54.6 Å². The van der Waals surface area contributed by atoms with Gasteiger partial charge in [0.15, 0.2) is 0 Å². The first-order chi connectivity index (χ1) is 15.5. The van der Waals surface area contributed by atoms with Gasteiger partial charge in [0.05, 0.1) is 6.10 Å². The fraction of sp³-hybridized carbons (Fsp3) is 0.320. The van der Waals surface area contributed by atoms with Crippen LogP contribution in [0.15, 0.2) is 77.7 Å². The number of benzene rings is 2. The Morgan fingerprint density at radius 1 is 1.12 bits per heavy atom. The summed E-state index contributed by atoms with van der Waals surface area (Å²) in [6.45, 7) is 1.64. The molecule has 3 N–H and O–H groups in total. The van der Waals surface area contributed by atoms with Crippen LogP contribution in [0.2, 0.25) is 0 Å². The molecule has 0 bridgehead atoms. The van der Waals surface area contributed by atoms with E-state index < -0.39 is 12.1 Å². The Morgan fingerprint density at radius 3 is 2.59 bits per heavy atom. The third kappa shape index (κ3) is 5.12. The summed E-state index contributed by atoms with van der Waals surface area (Å²) in [5.74, 6) is -0.297. The van der Waals surface area contributed by atoms with Crippen LogP contribution in [0.25, 0.3) is 0 Å². The molecule has 4 rings (SSSR count). The molecule has 1 unspecified atom stereocenters. The van der Waals surface area contributed by atoms with Gasteiger partial charge in [-0.1, -0.05) is 42.5 Å². The van der Waals surface area contributed by atoms with Gasteiger partial charge in [0.25, 0.3) is 5.56 Å². The summed E-state index contributed by atoms with van der Waals surface area (Å²) in [5.41, 5.74) is 2.45. The number of aliphatic hydroxyl groups excluding tert-OH is 1. The van der Waals surface area contributed by atoms with Crippen molar-refractivity contribution < 1.29 is 9.90 Å². The molecular formula is C25H28N4O3. The minimum absolute atomic E-state index is 0.0532. The van der Waals surface area contributed by atoms with Crippen LogP contribution in [0, 0.1) is 0 Å². The summed E-state index contributed by atoms with van der Waals surface area (Å²) in [5, 5.41) is 21.0. The van der Waals surface area contributed by atoms with Crippen molar-refractivity contribution in [3.63, 3.8) is 0 Å². The van der Waals surface area contributed by atoms with Crippen LogP contribution >= 0.6 is 0 Å². The molecule has 32 heavy (non-hydrogen) atoms. The molecular weight excluding hydrogens is 404 g/mol. The lowest BCUT2D eigenvalue weighted by Gasteiger charge is -2.20. The zero-order valence-corrected chi connectivity index (χ0v) is 18.0. The molecule has 0 radical (unpaired) electrons. The largest absolute Gasteiger partial charge is 0.387 e. The van der Waals surface area contributed by atoms with Crippen LogP contribution in [0.5, 0.6) is 0 Å². The highest BCUT2D eigenvalue weighted by molar-refractivity contribution is 5.93. The second-order valence-corrected chi connectivity index (χ2v) is 8.28. The topological polar surface area (TPSA) is 96.2 Å². The quantitative estimate of drug-likeness (QED) is 0.534. The van der Waals surface area contributed by atoms with Crippen molar-refractivity contribution in [3.8, 4) is 0 Å². The number of amides is 1. The Balaban J connectivity index is 1.31. The van der Waals surface area contributed by atoms with Crippen molar-refractivity contribution >= 4 is 11.6 Å². The van der Waals surface area contributed by atoms with E-state index in [1.165, 1.54) is 12.3 Å². The first-order valence-corrected chi connectivity index (χ1v) is 10.9. The molecule has 1 fully saturated rings. The van der Waals surface area contributed by atoms with Crippen LogP contribution in [0.3, 0.4) is 0 Å². The van der Waals surface area contributed by atoms with Crippen molar-refractivity contribution in [1.82, 2.24) is 15.1 Å². The third-order valence-electron chi connectivity index (χ3n) is 5.99. The zero-order valence-electron chi connectivity index (χ0n) is 18.0. The minimum Gasteiger partial charge on any atom is -0.387 e. The van der Waals surface area contributed by atoms with E-state index in [2.05, 4.69) is 15.7 Å². The van der Waals surface area contributed by atoms with E-state index in [0.29, 0.717) is 11.7 Å². The fourth-order valence-electron chi connectivity index (χ4n) is 4.17. The fourth-order valence-corrected chi connectivity index (χ4v) is 4.17. The van der Waals surface area contributed by atoms with Gasteiger partial charge in [-0.25, -0.2) is 4.68 Å². The van der Waals surface area contributed by atoms with E-state index in [9.17, 15) is 14.7 Å². The monoisotopic (exact) mass is 432 g/mol. The van der Waals surface area contributed by atoms with Gasteiger partial charge in [-0.3, -0.25) is 9.59 Å². The molecule has 2 aromatic carbocycles. The van der Waals surface area contributed by atoms with Gasteiger partial charge >= 0.3 is 0 Å². The second kappa shape index (κ2) is 9.89. The Kier molecular flexibility index (Phi) is 6.78. The highest BCUT2D eigenvalue weighted by Gasteiger charge is 2.29. The first-order valence-electron chi connectivity index (χ1n) is 10.9. The van der Waals surface area contributed by atoms with Crippen molar-refractivity contribution in [1.29, 1.82) is 0 Å². The lowest BCUT2D eigenvalue weighted by molar-refractivity contribution is -0.119. The van der Waals surface area contributed by atoms with Crippen molar-refractivity contribution in [3.05, 3.63) is 94.4 Å². The number of hydrogen-bond acceptors (Lipinski definition) is 5. The summed E-state index contributed by atoms with van der Waals surface area (Å²) >= 11 is 0. The summed E-state index contributed by atoms with van der Waals surface area (Å²) in [6, 6.07) is 20.1. The smallest absolute Gasteiger partial charge is 0.267 e. The second-order valence-electron chi connectivity index (χ2n) is 8.28. The van der Waals surface area contributed by atoms with E-state index >= 15 is 0 Å². The number of rotatable bonds is 7. The summed E-state index contributed by atoms with van der Waals surface area (Å²) in [6.07, 6.45) is 3.77. The zero-order chi connectivity index (χ0) is 22.5. The molecule has 166 valence electrons. The van der Waals surface area contributed by atoms with Gasteiger partial charge < -0.3 is 15.7 Å². The van der Waals surface area contributed by atoms with Crippen LogP contribution in [0.1, 0.15) is 43.0 Å². The number of nitrogens with one attached hydrogen (secondary N) is 2. The average Bonchev–Trinajstić information content (AvgIpc) is 3.28. The molecule has 0 saturated carbocycles. The van der Waals surface area contributed by atoms with Gasteiger partial charge in [-0.2, -0.15) is 5.10 Å². The molecule has 2 heterocycles. The number of anilines is 1. The molecule has 7 nitrogen and oxygen atoms in total. The van der Waals surface area contributed by atoms with Crippen molar-refractivity contribution in [2.75, 3.05) is 5.32 Å². The predicted octanol–water partition coefficient (Wildman–Crippen LogP) is 2.84. The molecule has 1 aromatic heterocycles. The highest BCUT2D eigenvalue weighted by Crippen LogP contribution is 2.27. The van der Waals surface area contributed by atoms with Gasteiger partial charge in [-0.05, 0) is 55.5 Å². The number of carbonyl (C=O) groups is 1. The van der Waals surface area contributed by atoms with Crippen LogP contribution in [-0.4, -0.2) is 32.9 Å². The molecule has 7 heteroatoms. The van der Waals surface area contributed by atoms with E-state index in [0.717, 1.165) is 35.1 Å². The lowest BCUT2D eigenvalue weighted by Crippen LogP contribution is -2.35. The van der Waals surface area contributed by atoms with E-state index in [-0.39, 0.29) is 17.5 Å². The third-order valence-corrected chi connectivity index (χ3v) is 5.99. The summed E-state index contributed by atoms with van der Waals surface area (Å²) < 4.78 is 1.16. The molecule has 1 aliphatic rings. The SMILES string of the molecule is CC(C(=O)Nc1ccc(C[C@@H]2CC[C@H]([C@H](O)c3ccccc3)N2)cc1)n1ncccc1=O. The van der Waals surface area contributed by atoms with Gasteiger partial charge in [0.2, 0.25) is 5.91 Å². The van der Waals surface area contributed by atoms with E-state index in [1.54, 1.807) is 13.0 Å². The Labute approximate surface area is 187 Å². The molecule has 3 aromatic rings. The lowest BCUT2D eigenvalue weighted by atomic mass is 10.0. The Hall–Kier alpha value is -3.29. The number of aliphatic hydroxyl groups is 1. The van der Waals surface area contributed by atoms with E-state index in [4.69, 9.17) is 0 Å². The minimum atomic E-state index is -0.709. The molecule has 1 saturated heterocycles. The van der Waals surface area contributed by atoms with Crippen molar-refractivity contribution in [2.45, 2.75) is 50.4 Å². The Morgan fingerprint density at radius 2 is 1.88 bits per heavy atom. The number of nitrogens with zero attached hydrogens (tertiary/aromatic N) is 2. The number of carbonyl (C=O) groups excluding carboxylic acids is 1. The maximum atomic E-state index is 12.5. The molecule has 1 amide bonds. The number of hydrogen-bond donors (Lipinski definition) is 3. The molecule has 1 aliphatic heterocycles. The molecule has 0 spiro atoms.